The molecule has 1 aromatic rings. The molecule has 0 saturated heterocycles. The van der Waals surface area contributed by atoms with E-state index in [9.17, 15) is 4.79 Å². The molecule has 0 spiro atoms. The molecule has 0 amide bonds. The topological polar surface area (TPSA) is 46.5 Å². The van der Waals surface area contributed by atoms with Crippen LogP contribution in [-0.4, -0.2) is 11.2 Å². The van der Waals surface area contributed by atoms with E-state index in [-0.39, 0.29) is 0 Å². The second kappa shape index (κ2) is 7.29. The van der Waals surface area contributed by atoms with Gasteiger partial charge in [0.25, 0.3) is 0 Å². The van der Waals surface area contributed by atoms with Crippen LogP contribution < -0.4 is 0 Å². The van der Waals surface area contributed by atoms with Crippen molar-refractivity contribution in [1.29, 1.82) is 0 Å². The number of rotatable bonds is 1. The van der Waals surface area contributed by atoms with Crippen molar-refractivity contribution in [1.82, 2.24) is 0 Å². The van der Waals surface area contributed by atoms with Gasteiger partial charge in [0.2, 0.25) is 0 Å². The van der Waals surface area contributed by atoms with E-state index in [1.54, 1.807) is 30.3 Å². The largest absolute Gasteiger partial charge is 0.372 e. The minimum atomic E-state index is -0.736. The molecule has 0 heterocycles. The standard InChI is InChI=1S/C9H18.C7H6O3/c1-8-6-4-5-7-9(8,2)3;8-7(10-9)6-4-2-1-3-5-6/h8H,4-7H2,1-3H3;1-5,9H. The minimum absolute atomic E-state index is 0.338. The molecule has 0 aliphatic heterocycles. The highest BCUT2D eigenvalue weighted by atomic mass is 17.1. The van der Waals surface area contributed by atoms with Gasteiger partial charge in [0.15, 0.2) is 0 Å². The Balaban J connectivity index is 0.000000191. The Bertz CT molecular complexity index is 384. The summed E-state index contributed by atoms with van der Waals surface area (Å²) in [5.41, 5.74) is 0.975. The van der Waals surface area contributed by atoms with Crippen LogP contribution in [0.4, 0.5) is 0 Å². The molecule has 106 valence electrons. The summed E-state index contributed by atoms with van der Waals surface area (Å²) in [6, 6.07) is 8.25. The molecule has 1 aromatic carbocycles. The van der Waals surface area contributed by atoms with Gasteiger partial charge in [-0.1, -0.05) is 58.2 Å². The Kier molecular flexibility index (Phi) is 6.03. The predicted molar refractivity (Wildman–Crippen MR) is 75.9 cm³/mol. The maximum atomic E-state index is 10.5. The van der Waals surface area contributed by atoms with E-state index in [0.717, 1.165) is 5.92 Å². The van der Waals surface area contributed by atoms with Gasteiger partial charge in [0, 0.05) is 0 Å². The van der Waals surface area contributed by atoms with Crippen LogP contribution >= 0.6 is 0 Å². The zero-order chi connectivity index (χ0) is 14.3. The molecule has 0 bridgehead atoms. The number of hydrogen-bond donors (Lipinski definition) is 1. The molecule has 1 aliphatic rings. The first-order chi connectivity index (χ1) is 8.97. The SMILES string of the molecule is CC1CCCCC1(C)C.O=C(OO)c1ccccc1. The summed E-state index contributed by atoms with van der Waals surface area (Å²) in [5, 5.41) is 7.94. The zero-order valence-corrected chi connectivity index (χ0v) is 12.1. The average Bonchev–Trinajstić information content (AvgIpc) is 2.43. The van der Waals surface area contributed by atoms with Crippen molar-refractivity contribution in [2.24, 2.45) is 11.3 Å². The molecular formula is C16H24O3. The normalized spacial score (nSPS) is 20.9. The Hall–Kier alpha value is -1.35. The van der Waals surface area contributed by atoms with Crippen LogP contribution in [-0.2, 0) is 4.89 Å². The van der Waals surface area contributed by atoms with Crippen LogP contribution in [0.3, 0.4) is 0 Å². The van der Waals surface area contributed by atoms with Crippen LogP contribution in [0.5, 0.6) is 0 Å². The molecule has 1 N–H and O–H groups in total. The lowest BCUT2D eigenvalue weighted by atomic mass is 9.70. The van der Waals surface area contributed by atoms with E-state index in [0.29, 0.717) is 11.0 Å². The first-order valence-corrected chi connectivity index (χ1v) is 6.88. The molecule has 0 aromatic heterocycles. The number of carbonyl (C=O) groups is 1. The molecule has 1 fully saturated rings. The first kappa shape index (κ1) is 15.7. The van der Waals surface area contributed by atoms with Crippen molar-refractivity contribution < 1.29 is 14.9 Å². The van der Waals surface area contributed by atoms with Crippen LogP contribution in [0.15, 0.2) is 30.3 Å². The van der Waals surface area contributed by atoms with E-state index in [2.05, 4.69) is 25.7 Å². The lowest BCUT2D eigenvalue weighted by Gasteiger charge is -2.36. The van der Waals surface area contributed by atoms with Crippen LogP contribution in [0, 0.1) is 11.3 Å². The lowest BCUT2D eigenvalue weighted by Crippen LogP contribution is -2.24. The number of benzene rings is 1. The molecule has 2 rings (SSSR count). The molecule has 3 nitrogen and oxygen atoms in total. The van der Waals surface area contributed by atoms with Crippen molar-refractivity contribution in [2.75, 3.05) is 0 Å². The van der Waals surface area contributed by atoms with Crippen molar-refractivity contribution in [3.63, 3.8) is 0 Å². The molecule has 1 aliphatic carbocycles. The number of carbonyl (C=O) groups excluding carboxylic acids is 1. The zero-order valence-electron chi connectivity index (χ0n) is 12.1. The first-order valence-electron chi connectivity index (χ1n) is 6.88. The maximum absolute atomic E-state index is 10.5. The third-order valence-corrected chi connectivity index (χ3v) is 4.13. The molecule has 0 radical (unpaired) electrons. The molecule has 1 saturated carbocycles. The summed E-state index contributed by atoms with van der Waals surface area (Å²) in [7, 11) is 0. The summed E-state index contributed by atoms with van der Waals surface area (Å²) in [4.78, 5) is 14.0. The van der Waals surface area contributed by atoms with Crippen molar-refractivity contribution in [2.45, 2.75) is 46.5 Å². The van der Waals surface area contributed by atoms with E-state index in [4.69, 9.17) is 5.26 Å². The quantitative estimate of drug-likeness (QED) is 0.598. The highest BCUT2D eigenvalue weighted by Gasteiger charge is 2.27. The van der Waals surface area contributed by atoms with Gasteiger partial charge >= 0.3 is 5.97 Å². The van der Waals surface area contributed by atoms with Gasteiger partial charge in [-0.2, -0.15) is 5.26 Å². The van der Waals surface area contributed by atoms with Gasteiger partial charge in [-0.15, -0.1) is 0 Å². The Morgan fingerprint density at radius 3 is 2.32 bits per heavy atom. The third-order valence-electron chi connectivity index (χ3n) is 4.13. The van der Waals surface area contributed by atoms with Crippen LogP contribution in [0.25, 0.3) is 0 Å². The Morgan fingerprint density at radius 2 is 1.89 bits per heavy atom. The Labute approximate surface area is 115 Å². The van der Waals surface area contributed by atoms with Crippen molar-refractivity contribution in [3.05, 3.63) is 35.9 Å². The lowest BCUT2D eigenvalue weighted by molar-refractivity contribution is -0.182. The summed E-state index contributed by atoms with van der Waals surface area (Å²) in [6.45, 7) is 7.19. The van der Waals surface area contributed by atoms with E-state index in [1.807, 2.05) is 0 Å². The Morgan fingerprint density at radius 1 is 1.26 bits per heavy atom. The molecular weight excluding hydrogens is 240 g/mol. The molecule has 19 heavy (non-hydrogen) atoms. The second-order valence-electron chi connectivity index (χ2n) is 5.88. The third kappa shape index (κ3) is 5.03. The van der Waals surface area contributed by atoms with Crippen molar-refractivity contribution in [3.8, 4) is 0 Å². The van der Waals surface area contributed by atoms with Gasteiger partial charge < -0.3 is 0 Å². The van der Waals surface area contributed by atoms with Crippen LogP contribution in [0.1, 0.15) is 56.8 Å². The second-order valence-corrected chi connectivity index (χ2v) is 5.88. The summed E-state index contributed by atoms with van der Waals surface area (Å²) in [6.07, 6.45) is 5.81. The van der Waals surface area contributed by atoms with E-state index in [1.165, 1.54) is 25.7 Å². The van der Waals surface area contributed by atoms with Gasteiger partial charge in [0.1, 0.15) is 0 Å². The molecule has 1 atom stereocenters. The van der Waals surface area contributed by atoms with Gasteiger partial charge in [0.05, 0.1) is 5.56 Å². The fourth-order valence-electron chi connectivity index (χ4n) is 2.30. The summed E-state index contributed by atoms with van der Waals surface area (Å²) >= 11 is 0. The highest BCUT2D eigenvalue weighted by molar-refractivity contribution is 5.88. The molecule has 1 unspecified atom stereocenters. The highest BCUT2D eigenvalue weighted by Crippen LogP contribution is 2.39. The summed E-state index contributed by atoms with van der Waals surface area (Å²) < 4.78 is 0. The summed E-state index contributed by atoms with van der Waals surface area (Å²) in [5.74, 6) is 0.215. The van der Waals surface area contributed by atoms with Crippen molar-refractivity contribution >= 4 is 5.97 Å². The van der Waals surface area contributed by atoms with E-state index < -0.39 is 5.97 Å². The van der Waals surface area contributed by atoms with Crippen LogP contribution in [0.2, 0.25) is 0 Å². The number of hydrogen-bond acceptors (Lipinski definition) is 3. The fraction of sp³-hybridized carbons (Fsp3) is 0.562. The minimum Gasteiger partial charge on any atom is -0.296 e. The fourth-order valence-corrected chi connectivity index (χ4v) is 2.30. The van der Waals surface area contributed by atoms with Gasteiger partial charge in [-0.3, -0.25) is 4.89 Å². The van der Waals surface area contributed by atoms with E-state index >= 15 is 0 Å². The monoisotopic (exact) mass is 264 g/mol. The average molecular weight is 264 g/mol. The van der Waals surface area contributed by atoms with Gasteiger partial charge in [-0.25, -0.2) is 4.79 Å². The maximum Gasteiger partial charge on any atom is 0.372 e. The molecule has 3 heteroatoms. The van der Waals surface area contributed by atoms with Gasteiger partial charge in [-0.05, 0) is 29.9 Å². The predicted octanol–water partition coefficient (Wildman–Crippen LogP) is 4.54. The smallest absolute Gasteiger partial charge is 0.296 e.